The summed E-state index contributed by atoms with van der Waals surface area (Å²) in [6.07, 6.45) is 3.38. The molecule has 1 atom stereocenters. The van der Waals surface area contributed by atoms with E-state index >= 15 is 0 Å². The molecule has 1 aliphatic rings. The molecule has 0 aliphatic carbocycles. The molecule has 0 saturated carbocycles. The fourth-order valence-corrected chi connectivity index (χ4v) is 2.75. The Morgan fingerprint density at radius 3 is 3.16 bits per heavy atom. The molecule has 6 nitrogen and oxygen atoms in total. The van der Waals surface area contributed by atoms with Crippen molar-refractivity contribution in [3.8, 4) is 0 Å². The number of thiazole rings is 1. The van der Waals surface area contributed by atoms with Crippen molar-refractivity contribution >= 4 is 28.3 Å². The number of anilines is 1. The smallest absolute Gasteiger partial charge is 0.309 e. The van der Waals surface area contributed by atoms with Gasteiger partial charge in [-0.1, -0.05) is 0 Å². The van der Waals surface area contributed by atoms with Gasteiger partial charge in [-0.2, -0.15) is 0 Å². The van der Waals surface area contributed by atoms with Crippen LogP contribution in [0.2, 0.25) is 0 Å². The summed E-state index contributed by atoms with van der Waals surface area (Å²) in [6, 6.07) is 0. The summed E-state index contributed by atoms with van der Waals surface area (Å²) in [7, 11) is 1.40. The lowest BCUT2D eigenvalue weighted by Gasteiger charge is -2.30. The summed E-state index contributed by atoms with van der Waals surface area (Å²) < 4.78 is 4.75. The molecule has 0 aromatic carbocycles. The first kappa shape index (κ1) is 14.0. The Kier molecular flexibility index (Phi) is 4.86. The highest BCUT2D eigenvalue weighted by molar-refractivity contribution is 7.13. The molecule has 1 fully saturated rings. The van der Waals surface area contributed by atoms with Crippen LogP contribution in [0.1, 0.15) is 12.8 Å². The van der Waals surface area contributed by atoms with Gasteiger partial charge in [0.05, 0.1) is 19.6 Å². The number of hydrogen-bond donors (Lipinski definition) is 1. The number of carbonyl (C=O) groups is 2. The normalized spacial score (nSPS) is 19.9. The number of rotatable bonds is 4. The molecule has 0 spiro atoms. The van der Waals surface area contributed by atoms with Crippen molar-refractivity contribution < 1.29 is 14.3 Å². The lowest BCUT2D eigenvalue weighted by molar-refractivity contribution is -0.147. The Labute approximate surface area is 115 Å². The van der Waals surface area contributed by atoms with E-state index in [0.29, 0.717) is 11.7 Å². The van der Waals surface area contributed by atoms with E-state index in [9.17, 15) is 9.59 Å². The van der Waals surface area contributed by atoms with Gasteiger partial charge in [0.15, 0.2) is 5.13 Å². The van der Waals surface area contributed by atoms with E-state index in [0.717, 1.165) is 19.4 Å². The number of amides is 1. The van der Waals surface area contributed by atoms with Crippen LogP contribution in [0, 0.1) is 5.92 Å². The summed E-state index contributed by atoms with van der Waals surface area (Å²) in [4.78, 5) is 29.3. The number of carbonyl (C=O) groups excluding carboxylic acids is 2. The van der Waals surface area contributed by atoms with Crippen molar-refractivity contribution in [1.82, 2.24) is 9.88 Å². The Morgan fingerprint density at radius 2 is 2.47 bits per heavy atom. The second-order valence-corrected chi connectivity index (χ2v) is 5.38. The Hall–Kier alpha value is -1.47. The molecule has 2 rings (SSSR count). The zero-order valence-electron chi connectivity index (χ0n) is 10.8. The van der Waals surface area contributed by atoms with Crippen molar-refractivity contribution in [2.24, 2.45) is 5.92 Å². The maximum Gasteiger partial charge on any atom is 0.309 e. The summed E-state index contributed by atoms with van der Waals surface area (Å²) in [6.45, 7) is 1.70. The molecule has 2 heterocycles. The van der Waals surface area contributed by atoms with Gasteiger partial charge in [0, 0.05) is 18.1 Å². The molecule has 104 valence electrons. The van der Waals surface area contributed by atoms with E-state index in [2.05, 4.69) is 10.3 Å². The molecule has 0 bridgehead atoms. The second kappa shape index (κ2) is 6.63. The average Bonchev–Trinajstić information content (AvgIpc) is 2.90. The van der Waals surface area contributed by atoms with Gasteiger partial charge in [-0.05, 0) is 19.4 Å². The SMILES string of the molecule is COC(=O)[C@H]1CCCN(CC(=O)Nc2nccs2)C1. The fraction of sp³-hybridized carbons (Fsp3) is 0.583. The highest BCUT2D eigenvalue weighted by Gasteiger charge is 2.27. The van der Waals surface area contributed by atoms with E-state index in [-0.39, 0.29) is 24.3 Å². The van der Waals surface area contributed by atoms with Crippen molar-refractivity contribution in [1.29, 1.82) is 0 Å². The third-order valence-electron chi connectivity index (χ3n) is 3.09. The lowest BCUT2D eigenvalue weighted by Crippen LogP contribution is -2.42. The van der Waals surface area contributed by atoms with Gasteiger partial charge in [0.1, 0.15) is 0 Å². The molecule has 1 saturated heterocycles. The molecule has 7 heteroatoms. The molecule has 1 amide bonds. The van der Waals surface area contributed by atoms with Crippen LogP contribution in [0.25, 0.3) is 0 Å². The standard InChI is InChI=1S/C12H17N3O3S/c1-18-11(17)9-3-2-5-15(7-9)8-10(16)14-12-13-4-6-19-12/h4,6,9H,2-3,5,7-8H2,1H3,(H,13,14,16)/t9-/m0/s1. The number of aromatic nitrogens is 1. The monoisotopic (exact) mass is 283 g/mol. The quantitative estimate of drug-likeness (QED) is 0.834. The Balaban J connectivity index is 1.81. The first-order valence-electron chi connectivity index (χ1n) is 6.18. The van der Waals surface area contributed by atoms with Crippen molar-refractivity contribution in [3.63, 3.8) is 0 Å². The molecule has 1 aromatic rings. The van der Waals surface area contributed by atoms with Gasteiger partial charge < -0.3 is 10.1 Å². The van der Waals surface area contributed by atoms with Gasteiger partial charge in [0.25, 0.3) is 0 Å². The van der Waals surface area contributed by atoms with E-state index in [1.54, 1.807) is 6.20 Å². The summed E-state index contributed by atoms with van der Waals surface area (Å²) >= 11 is 1.39. The summed E-state index contributed by atoms with van der Waals surface area (Å²) in [5.74, 6) is -0.406. The molecule has 19 heavy (non-hydrogen) atoms. The number of methoxy groups -OCH3 is 1. The Bertz CT molecular complexity index is 435. The number of esters is 1. The minimum atomic E-state index is -0.190. The first-order chi connectivity index (χ1) is 9.19. The van der Waals surface area contributed by atoms with Crippen LogP contribution < -0.4 is 5.32 Å². The van der Waals surface area contributed by atoms with Crippen LogP contribution in [0.4, 0.5) is 5.13 Å². The van der Waals surface area contributed by atoms with Crippen LogP contribution in [0.3, 0.4) is 0 Å². The van der Waals surface area contributed by atoms with Gasteiger partial charge >= 0.3 is 5.97 Å². The largest absolute Gasteiger partial charge is 0.469 e. The number of piperidine rings is 1. The summed E-state index contributed by atoms with van der Waals surface area (Å²) in [5.41, 5.74) is 0. The zero-order chi connectivity index (χ0) is 13.7. The molecular weight excluding hydrogens is 266 g/mol. The van der Waals surface area contributed by atoms with Gasteiger partial charge in [0.2, 0.25) is 5.91 Å². The number of likely N-dealkylation sites (tertiary alicyclic amines) is 1. The maximum absolute atomic E-state index is 11.8. The molecule has 1 aromatic heterocycles. The predicted octanol–water partition coefficient (Wildman–Crippen LogP) is 0.967. The van der Waals surface area contributed by atoms with E-state index < -0.39 is 0 Å². The average molecular weight is 283 g/mol. The number of nitrogens with zero attached hydrogens (tertiary/aromatic N) is 2. The number of hydrogen-bond acceptors (Lipinski definition) is 6. The van der Waals surface area contributed by atoms with E-state index in [1.165, 1.54) is 18.4 Å². The van der Waals surface area contributed by atoms with Crippen LogP contribution in [0.5, 0.6) is 0 Å². The van der Waals surface area contributed by atoms with Crippen LogP contribution in [-0.4, -0.2) is 48.5 Å². The van der Waals surface area contributed by atoms with Crippen LogP contribution in [-0.2, 0) is 14.3 Å². The van der Waals surface area contributed by atoms with Gasteiger partial charge in [-0.3, -0.25) is 14.5 Å². The topological polar surface area (TPSA) is 71.5 Å². The fourth-order valence-electron chi connectivity index (χ4n) is 2.21. The first-order valence-corrected chi connectivity index (χ1v) is 7.06. The Morgan fingerprint density at radius 1 is 1.63 bits per heavy atom. The molecule has 0 unspecified atom stereocenters. The third-order valence-corrected chi connectivity index (χ3v) is 3.77. The minimum absolute atomic E-state index is 0.0968. The van der Waals surface area contributed by atoms with E-state index in [1.807, 2.05) is 10.3 Å². The van der Waals surface area contributed by atoms with Crippen molar-refractivity contribution in [3.05, 3.63) is 11.6 Å². The van der Waals surface area contributed by atoms with Crippen molar-refractivity contribution in [2.45, 2.75) is 12.8 Å². The molecule has 1 aliphatic heterocycles. The predicted molar refractivity (Wildman–Crippen MR) is 71.9 cm³/mol. The van der Waals surface area contributed by atoms with Crippen LogP contribution in [0.15, 0.2) is 11.6 Å². The molecular formula is C12H17N3O3S. The van der Waals surface area contributed by atoms with Gasteiger partial charge in [-0.15, -0.1) is 11.3 Å². The summed E-state index contributed by atoms with van der Waals surface area (Å²) in [5, 5.41) is 5.15. The number of ether oxygens (including phenoxy) is 1. The van der Waals surface area contributed by atoms with Gasteiger partial charge in [-0.25, -0.2) is 4.98 Å². The minimum Gasteiger partial charge on any atom is -0.469 e. The molecule has 1 N–H and O–H groups in total. The van der Waals surface area contributed by atoms with Crippen LogP contribution >= 0.6 is 11.3 Å². The third kappa shape index (κ3) is 4.00. The zero-order valence-corrected chi connectivity index (χ0v) is 11.6. The maximum atomic E-state index is 11.8. The highest BCUT2D eigenvalue weighted by Crippen LogP contribution is 2.17. The highest BCUT2D eigenvalue weighted by atomic mass is 32.1. The molecule has 0 radical (unpaired) electrons. The number of nitrogens with one attached hydrogen (secondary N) is 1. The second-order valence-electron chi connectivity index (χ2n) is 4.48. The van der Waals surface area contributed by atoms with E-state index in [4.69, 9.17) is 4.74 Å². The van der Waals surface area contributed by atoms with Crippen molar-refractivity contribution in [2.75, 3.05) is 32.1 Å². The lowest BCUT2D eigenvalue weighted by atomic mass is 9.98.